The molecule has 2 nitrogen and oxygen atoms in total. The lowest BCUT2D eigenvalue weighted by molar-refractivity contribution is -0.118. The van der Waals surface area contributed by atoms with Crippen molar-refractivity contribution in [1.29, 1.82) is 0 Å². The highest BCUT2D eigenvalue weighted by Crippen LogP contribution is 1.91. The van der Waals surface area contributed by atoms with Crippen LogP contribution in [0.15, 0.2) is 36.8 Å². The third-order valence-corrected chi connectivity index (χ3v) is 0.771. The van der Waals surface area contributed by atoms with Crippen molar-refractivity contribution in [1.82, 2.24) is 5.32 Å². The van der Waals surface area contributed by atoms with Crippen LogP contribution in [-0.2, 0) is 4.79 Å². The third kappa shape index (κ3) is 8.62. The van der Waals surface area contributed by atoms with Gasteiger partial charge in [-0.2, -0.15) is 0 Å². The van der Waals surface area contributed by atoms with Crippen LogP contribution in [0.2, 0.25) is 0 Å². The molecule has 0 aliphatic rings. The molecule has 60 valence electrons. The van der Waals surface area contributed by atoms with Gasteiger partial charge < -0.3 is 5.32 Å². The molecule has 0 aromatic carbocycles. The topological polar surface area (TPSA) is 29.1 Å². The van der Waals surface area contributed by atoms with Crippen molar-refractivity contribution >= 4 is 5.91 Å². The van der Waals surface area contributed by atoms with Crippen LogP contribution in [0.1, 0.15) is 6.92 Å². The summed E-state index contributed by atoms with van der Waals surface area (Å²) in [6.07, 6.45) is 5.56. The predicted molar refractivity (Wildman–Crippen MR) is 42.3 cm³/mol. The number of rotatable bonds is 3. The molecule has 3 heteroatoms. The summed E-state index contributed by atoms with van der Waals surface area (Å²) in [5.74, 6) is -0.675. The molecule has 0 rings (SSSR count). The number of hydrogen-bond donors (Lipinski definition) is 1. The molecule has 0 fully saturated rings. The summed E-state index contributed by atoms with van der Waals surface area (Å²) in [6.45, 7) is 4.40. The van der Waals surface area contributed by atoms with E-state index in [1.807, 2.05) is 0 Å². The lowest BCUT2D eigenvalue weighted by Gasteiger charge is -1.86. The monoisotopic (exact) mass is 155 g/mol. The van der Waals surface area contributed by atoms with Crippen LogP contribution < -0.4 is 5.32 Å². The van der Waals surface area contributed by atoms with Crippen molar-refractivity contribution < 1.29 is 9.18 Å². The van der Waals surface area contributed by atoms with Crippen LogP contribution in [0.5, 0.6) is 0 Å². The molecule has 0 radical (unpaired) electrons. The van der Waals surface area contributed by atoms with Gasteiger partial charge in [-0.25, -0.2) is 4.39 Å². The summed E-state index contributed by atoms with van der Waals surface area (Å²) >= 11 is 0. The maximum absolute atomic E-state index is 11.9. The van der Waals surface area contributed by atoms with Crippen LogP contribution in [0, 0.1) is 0 Å². The molecule has 0 saturated heterocycles. The summed E-state index contributed by atoms with van der Waals surface area (Å²) in [4.78, 5) is 10.3. The van der Waals surface area contributed by atoms with Gasteiger partial charge in [-0.3, -0.25) is 4.79 Å². The molecule has 0 unspecified atom stereocenters. The first-order valence-electron chi connectivity index (χ1n) is 3.07. The normalized spacial score (nSPS) is 10.7. The molecule has 0 aromatic heterocycles. The minimum absolute atomic E-state index is 0.159. The number of amides is 1. The first-order chi connectivity index (χ1) is 5.13. The van der Waals surface area contributed by atoms with Crippen LogP contribution in [0.4, 0.5) is 4.39 Å². The minimum Gasteiger partial charge on any atom is -0.333 e. The maximum atomic E-state index is 11.9. The molecule has 0 heterocycles. The van der Waals surface area contributed by atoms with Crippen molar-refractivity contribution in [2.75, 3.05) is 0 Å². The van der Waals surface area contributed by atoms with E-state index in [-0.39, 0.29) is 5.91 Å². The van der Waals surface area contributed by atoms with Gasteiger partial charge in [-0.05, 0) is 12.2 Å². The SMILES string of the molecule is C=C(F)/C=C/C=C/NC(C)=O. The summed E-state index contributed by atoms with van der Waals surface area (Å²) < 4.78 is 11.9. The average Bonchev–Trinajstić information content (AvgIpc) is 1.85. The molecule has 11 heavy (non-hydrogen) atoms. The van der Waals surface area contributed by atoms with Crippen molar-refractivity contribution in [3.05, 3.63) is 36.8 Å². The van der Waals surface area contributed by atoms with Crippen LogP contribution in [0.25, 0.3) is 0 Å². The lowest BCUT2D eigenvalue weighted by atomic mass is 10.4. The maximum Gasteiger partial charge on any atom is 0.220 e. The van der Waals surface area contributed by atoms with Gasteiger partial charge in [0.1, 0.15) is 5.83 Å². The Kier molecular flexibility index (Phi) is 4.73. The molecule has 0 aliphatic carbocycles. The number of allylic oxidation sites excluding steroid dienone is 4. The highest BCUT2D eigenvalue weighted by Gasteiger charge is 1.79. The molecule has 0 bridgehead atoms. The molecule has 1 amide bonds. The second-order valence-corrected chi connectivity index (χ2v) is 1.87. The number of nitrogens with one attached hydrogen (secondary N) is 1. The summed E-state index contributed by atoms with van der Waals surface area (Å²) in [5, 5.41) is 2.40. The summed E-state index contributed by atoms with van der Waals surface area (Å²) in [7, 11) is 0. The fourth-order valence-electron chi connectivity index (χ4n) is 0.381. The molecule has 0 aliphatic heterocycles. The van der Waals surface area contributed by atoms with Gasteiger partial charge in [0.15, 0.2) is 0 Å². The molecule has 0 spiro atoms. The minimum atomic E-state index is -0.516. The summed E-state index contributed by atoms with van der Waals surface area (Å²) in [5.41, 5.74) is 0. The van der Waals surface area contributed by atoms with E-state index in [4.69, 9.17) is 0 Å². The van der Waals surface area contributed by atoms with E-state index in [2.05, 4.69) is 11.9 Å². The summed E-state index contributed by atoms with van der Waals surface area (Å²) in [6, 6.07) is 0. The number of carbonyl (C=O) groups is 1. The Labute approximate surface area is 65.1 Å². The lowest BCUT2D eigenvalue weighted by Crippen LogP contribution is -2.10. The van der Waals surface area contributed by atoms with Gasteiger partial charge in [0.05, 0.1) is 0 Å². The number of halogens is 1. The standard InChI is InChI=1S/C8H10FNO/c1-7(9)5-3-4-6-10-8(2)11/h3-6H,1H2,2H3,(H,10,11)/b5-3+,6-4+. The van der Waals surface area contributed by atoms with Gasteiger partial charge in [0.25, 0.3) is 0 Å². The van der Waals surface area contributed by atoms with Crippen molar-refractivity contribution in [2.45, 2.75) is 6.92 Å². The largest absolute Gasteiger partial charge is 0.333 e. The van der Waals surface area contributed by atoms with Gasteiger partial charge in [-0.15, -0.1) is 0 Å². The number of hydrogen-bond acceptors (Lipinski definition) is 1. The zero-order valence-electron chi connectivity index (χ0n) is 6.30. The van der Waals surface area contributed by atoms with Gasteiger partial charge in [0.2, 0.25) is 5.91 Å². The Bertz CT molecular complexity index is 206. The van der Waals surface area contributed by atoms with E-state index in [9.17, 15) is 9.18 Å². The zero-order chi connectivity index (χ0) is 8.69. The second kappa shape index (κ2) is 5.41. The Morgan fingerprint density at radius 1 is 1.55 bits per heavy atom. The van der Waals surface area contributed by atoms with E-state index in [1.54, 1.807) is 0 Å². The zero-order valence-corrected chi connectivity index (χ0v) is 6.30. The molecule has 0 saturated carbocycles. The van der Waals surface area contributed by atoms with Gasteiger partial charge in [0, 0.05) is 13.1 Å². The first-order valence-corrected chi connectivity index (χ1v) is 3.07. The van der Waals surface area contributed by atoms with Crippen molar-refractivity contribution in [2.24, 2.45) is 0 Å². The Morgan fingerprint density at radius 3 is 2.64 bits per heavy atom. The predicted octanol–water partition coefficient (Wildman–Crippen LogP) is 1.68. The van der Waals surface area contributed by atoms with E-state index in [1.165, 1.54) is 31.4 Å². The Hall–Kier alpha value is -1.38. The fraction of sp³-hybridized carbons (Fsp3) is 0.125. The highest BCUT2D eigenvalue weighted by molar-refractivity contribution is 5.73. The van der Waals surface area contributed by atoms with E-state index >= 15 is 0 Å². The highest BCUT2D eigenvalue weighted by atomic mass is 19.1. The Balaban J connectivity index is 3.60. The molecule has 1 N–H and O–H groups in total. The fourth-order valence-corrected chi connectivity index (χ4v) is 0.381. The second-order valence-electron chi connectivity index (χ2n) is 1.87. The van der Waals surface area contributed by atoms with E-state index < -0.39 is 5.83 Å². The van der Waals surface area contributed by atoms with E-state index in [0.29, 0.717) is 0 Å². The van der Waals surface area contributed by atoms with Gasteiger partial charge in [-0.1, -0.05) is 12.7 Å². The van der Waals surface area contributed by atoms with Gasteiger partial charge >= 0.3 is 0 Å². The average molecular weight is 155 g/mol. The Morgan fingerprint density at radius 2 is 2.18 bits per heavy atom. The molecule has 0 aromatic rings. The number of carbonyl (C=O) groups excluding carboxylic acids is 1. The van der Waals surface area contributed by atoms with Crippen LogP contribution in [-0.4, -0.2) is 5.91 Å². The molecular weight excluding hydrogens is 145 g/mol. The van der Waals surface area contributed by atoms with Crippen molar-refractivity contribution in [3.63, 3.8) is 0 Å². The smallest absolute Gasteiger partial charge is 0.220 e. The van der Waals surface area contributed by atoms with Crippen LogP contribution >= 0.6 is 0 Å². The quantitative estimate of drug-likeness (QED) is 0.617. The molecular formula is C8H10FNO. The van der Waals surface area contributed by atoms with E-state index in [0.717, 1.165) is 0 Å². The first kappa shape index (κ1) is 9.62. The van der Waals surface area contributed by atoms with Crippen LogP contribution in [0.3, 0.4) is 0 Å². The molecule has 0 atom stereocenters. The third-order valence-electron chi connectivity index (χ3n) is 0.771. The van der Waals surface area contributed by atoms with Crippen molar-refractivity contribution in [3.8, 4) is 0 Å².